The summed E-state index contributed by atoms with van der Waals surface area (Å²) < 4.78 is 13.8. The number of anilines is 1. The van der Waals surface area contributed by atoms with Gasteiger partial charge in [-0.1, -0.05) is 53.4 Å². The molecule has 0 unspecified atom stereocenters. The number of amides is 2. The first-order chi connectivity index (χ1) is 14.1. The Morgan fingerprint density at radius 1 is 1.10 bits per heavy atom. The largest absolute Gasteiger partial charge is 0.353 e. The predicted molar refractivity (Wildman–Crippen MR) is 114 cm³/mol. The van der Waals surface area contributed by atoms with Crippen molar-refractivity contribution in [1.29, 1.82) is 0 Å². The van der Waals surface area contributed by atoms with Gasteiger partial charge >= 0.3 is 0 Å². The molecule has 0 spiro atoms. The van der Waals surface area contributed by atoms with Gasteiger partial charge in [0.15, 0.2) is 4.34 Å². The molecule has 1 heterocycles. The Kier molecular flexibility index (Phi) is 5.92. The molecule has 8 heteroatoms. The molecule has 2 N–H and O–H groups in total. The first-order valence-corrected chi connectivity index (χ1v) is 10.9. The van der Waals surface area contributed by atoms with Crippen LogP contribution >= 0.6 is 23.1 Å². The predicted octanol–water partition coefficient (Wildman–Crippen LogP) is 4.57. The van der Waals surface area contributed by atoms with Crippen LogP contribution in [0.4, 0.5) is 9.39 Å². The third-order valence-corrected chi connectivity index (χ3v) is 6.37. The van der Waals surface area contributed by atoms with E-state index >= 15 is 0 Å². The minimum atomic E-state index is -0.396. The van der Waals surface area contributed by atoms with Gasteiger partial charge in [-0.25, -0.2) is 9.37 Å². The molecule has 1 saturated carbocycles. The lowest BCUT2D eigenvalue weighted by Crippen LogP contribution is -2.26. The van der Waals surface area contributed by atoms with Gasteiger partial charge < -0.3 is 10.6 Å². The molecule has 0 radical (unpaired) electrons. The lowest BCUT2D eigenvalue weighted by atomic mass is 10.1. The van der Waals surface area contributed by atoms with Crippen LogP contribution < -0.4 is 10.6 Å². The third-order valence-electron chi connectivity index (χ3n) is 4.26. The van der Waals surface area contributed by atoms with Crippen LogP contribution in [0, 0.1) is 5.82 Å². The molecule has 1 aliphatic rings. The van der Waals surface area contributed by atoms with E-state index in [4.69, 9.17) is 0 Å². The number of nitrogens with zero attached hydrogens (tertiary/aromatic N) is 1. The first kappa shape index (κ1) is 19.6. The Balaban J connectivity index is 1.53. The molecule has 0 saturated heterocycles. The molecule has 3 aromatic rings. The van der Waals surface area contributed by atoms with E-state index in [0.717, 1.165) is 18.4 Å². The normalized spacial score (nSPS) is 13.1. The first-order valence-electron chi connectivity index (χ1n) is 9.14. The number of rotatable bonds is 7. The van der Waals surface area contributed by atoms with E-state index in [-0.39, 0.29) is 17.6 Å². The van der Waals surface area contributed by atoms with Crippen LogP contribution in [0.15, 0.2) is 58.9 Å². The number of halogens is 1. The van der Waals surface area contributed by atoms with Crippen LogP contribution in [0.2, 0.25) is 0 Å². The zero-order chi connectivity index (χ0) is 20.2. The summed E-state index contributed by atoms with van der Waals surface area (Å²) in [6, 6.07) is 15.2. The quantitative estimate of drug-likeness (QED) is 0.542. The summed E-state index contributed by atoms with van der Waals surface area (Å²) in [5, 5.41) is 6.42. The topological polar surface area (TPSA) is 71.1 Å². The summed E-state index contributed by atoms with van der Waals surface area (Å²) >= 11 is 2.67. The van der Waals surface area contributed by atoms with Crippen LogP contribution in [0.1, 0.15) is 23.2 Å². The van der Waals surface area contributed by atoms with Crippen LogP contribution in [0.5, 0.6) is 0 Å². The zero-order valence-electron chi connectivity index (χ0n) is 15.4. The molecule has 4 rings (SSSR count). The molecule has 2 aromatic carbocycles. The van der Waals surface area contributed by atoms with E-state index in [1.54, 1.807) is 0 Å². The van der Waals surface area contributed by atoms with E-state index in [2.05, 4.69) is 15.6 Å². The second kappa shape index (κ2) is 8.75. The van der Waals surface area contributed by atoms with Crippen LogP contribution in [-0.4, -0.2) is 28.6 Å². The Hall–Kier alpha value is -2.71. The minimum Gasteiger partial charge on any atom is -0.353 e. The number of benzene rings is 2. The highest BCUT2D eigenvalue weighted by Crippen LogP contribution is 2.37. The van der Waals surface area contributed by atoms with Crippen molar-refractivity contribution < 1.29 is 14.0 Å². The molecular weight excluding hydrogens is 409 g/mol. The van der Waals surface area contributed by atoms with Crippen LogP contribution in [0.25, 0.3) is 11.3 Å². The Morgan fingerprint density at radius 2 is 1.83 bits per heavy atom. The third kappa shape index (κ3) is 5.21. The smallest absolute Gasteiger partial charge is 0.256 e. The maximum atomic E-state index is 13.1. The summed E-state index contributed by atoms with van der Waals surface area (Å²) in [7, 11) is 0. The molecule has 2 amide bonds. The molecule has 0 atom stereocenters. The Bertz CT molecular complexity index is 1020. The monoisotopic (exact) mass is 427 g/mol. The standard InChI is InChI=1S/C21H18FN3O2S2/c22-15-8-6-14(7-9-15)19(27)25-20-18(13-4-2-1-3-5-13)24-21(29-20)28-12-17(26)23-16-10-11-16/h1-9,16H,10-12H2,(H,23,26)(H,25,27). The summed E-state index contributed by atoms with van der Waals surface area (Å²) in [4.78, 5) is 29.2. The number of carbonyl (C=O) groups excluding carboxylic acids is 2. The number of hydrogen-bond donors (Lipinski definition) is 2. The van der Waals surface area contributed by atoms with Crippen molar-refractivity contribution >= 4 is 39.9 Å². The van der Waals surface area contributed by atoms with Gasteiger partial charge in [0, 0.05) is 17.2 Å². The van der Waals surface area contributed by atoms with E-state index in [1.165, 1.54) is 47.4 Å². The molecule has 1 aromatic heterocycles. The maximum absolute atomic E-state index is 13.1. The van der Waals surface area contributed by atoms with Crippen molar-refractivity contribution in [3.05, 3.63) is 66.0 Å². The SMILES string of the molecule is O=C(CSc1nc(-c2ccccc2)c(NC(=O)c2ccc(F)cc2)s1)NC1CC1. The lowest BCUT2D eigenvalue weighted by Gasteiger charge is -2.05. The highest BCUT2D eigenvalue weighted by atomic mass is 32.2. The molecule has 148 valence electrons. The highest BCUT2D eigenvalue weighted by molar-refractivity contribution is 8.01. The van der Waals surface area contributed by atoms with E-state index in [1.807, 2.05) is 30.3 Å². The molecule has 1 aliphatic carbocycles. The lowest BCUT2D eigenvalue weighted by molar-refractivity contribution is -0.118. The van der Waals surface area contributed by atoms with Crippen molar-refractivity contribution in [2.45, 2.75) is 23.2 Å². The zero-order valence-corrected chi connectivity index (χ0v) is 17.0. The fourth-order valence-electron chi connectivity index (χ4n) is 2.64. The highest BCUT2D eigenvalue weighted by Gasteiger charge is 2.23. The fourth-order valence-corrected chi connectivity index (χ4v) is 4.51. The van der Waals surface area contributed by atoms with E-state index < -0.39 is 5.82 Å². The number of thiazole rings is 1. The van der Waals surface area contributed by atoms with Crippen molar-refractivity contribution in [3.8, 4) is 11.3 Å². The molecule has 1 fully saturated rings. The second-order valence-electron chi connectivity index (χ2n) is 6.62. The molecular formula is C21H18FN3O2S2. The summed E-state index contributed by atoms with van der Waals surface area (Å²) in [6.45, 7) is 0. The van der Waals surface area contributed by atoms with Gasteiger partial charge in [-0.15, -0.1) is 0 Å². The van der Waals surface area contributed by atoms with Crippen molar-refractivity contribution in [1.82, 2.24) is 10.3 Å². The second-order valence-corrected chi connectivity index (χ2v) is 8.84. The molecule has 29 heavy (non-hydrogen) atoms. The van der Waals surface area contributed by atoms with Crippen LogP contribution in [0.3, 0.4) is 0 Å². The van der Waals surface area contributed by atoms with Crippen molar-refractivity contribution in [2.24, 2.45) is 0 Å². The van der Waals surface area contributed by atoms with E-state index in [9.17, 15) is 14.0 Å². The minimum absolute atomic E-state index is 0.00846. The van der Waals surface area contributed by atoms with Gasteiger partial charge in [0.05, 0.1) is 5.75 Å². The van der Waals surface area contributed by atoms with Gasteiger partial charge in [-0.2, -0.15) is 0 Å². The number of carbonyl (C=O) groups is 2. The van der Waals surface area contributed by atoms with Gasteiger partial charge in [0.25, 0.3) is 5.91 Å². The van der Waals surface area contributed by atoms with E-state index in [0.29, 0.717) is 26.6 Å². The summed E-state index contributed by atoms with van der Waals surface area (Å²) in [6.07, 6.45) is 2.09. The summed E-state index contributed by atoms with van der Waals surface area (Å²) in [5.74, 6) is -0.462. The number of aromatic nitrogens is 1. The average Bonchev–Trinajstić information content (AvgIpc) is 3.45. The molecule has 0 aliphatic heterocycles. The van der Waals surface area contributed by atoms with Gasteiger partial charge in [0.1, 0.15) is 16.5 Å². The Labute approximate surface area is 175 Å². The fraction of sp³-hybridized carbons (Fsp3) is 0.190. The van der Waals surface area contributed by atoms with Crippen molar-refractivity contribution in [2.75, 3.05) is 11.1 Å². The van der Waals surface area contributed by atoms with Crippen LogP contribution in [-0.2, 0) is 4.79 Å². The molecule has 0 bridgehead atoms. The van der Waals surface area contributed by atoms with Gasteiger partial charge in [-0.3, -0.25) is 9.59 Å². The summed E-state index contributed by atoms with van der Waals surface area (Å²) in [5.41, 5.74) is 1.88. The number of hydrogen-bond acceptors (Lipinski definition) is 5. The average molecular weight is 428 g/mol. The van der Waals surface area contributed by atoms with Gasteiger partial charge in [0.2, 0.25) is 5.91 Å². The Morgan fingerprint density at radius 3 is 2.52 bits per heavy atom. The maximum Gasteiger partial charge on any atom is 0.256 e. The number of nitrogens with one attached hydrogen (secondary N) is 2. The van der Waals surface area contributed by atoms with Crippen molar-refractivity contribution in [3.63, 3.8) is 0 Å². The molecule has 5 nitrogen and oxygen atoms in total. The number of thioether (sulfide) groups is 1. The van der Waals surface area contributed by atoms with Gasteiger partial charge in [-0.05, 0) is 37.1 Å².